The van der Waals surface area contributed by atoms with Gasteiger partial charge in [-0.25, -0.2) is 4.79 Å². The molecule has 1 atom stereocenters. The maximum absolute atomic E-state index is 12.0. The third-order valence-corrected chi connectivity index (χ3v) is 5.00. The van der Waals surface area contributed by atoms with Crippen molar-refractivity contribution in [3.8, 4) is 5.75 Å². The Morgan fingerprint density at radius 1 is 1.07 bits per heavy atom. The van der Waals surface area contributed by atoms with Gasteiger partial charge in [-0.2, -0.15) is 0 Å². The van der Waals surface area contributed by atoms with E-state index in [2.05, 4.69) is 13.0 Å². The molecule has 1 aromatic carbocycles. The minimum absolute atomic E-state index is 0.279. The summed E-state index contributed by atoms with van der Waals surface area (Å²) in [6, 6.07) is 5.69. The topological polar surface area (TPSA) is 55.8 Å². The molecule has 1 aromatic rings. The van der Waals surface area contributed by atoms with Gasteiger partial charge < -0.3 is 14.6 Å². The van der Waals surface area contributed by atoms with Crippen LogP contribution in [0.15, 0.2) is 30.4 Å². The molecule has 0 aliphatic rings. The number of allylic oxidation sites excluding steroid dienone is 1. The molecule has 0 spiro atoms. The van der Waals surface area contributed by atoms with Crippen molar-refractivity contribution in [3.63, 3.8) is 0 Å². The maximum atomic E-state index is 12.0. The summed E-state index contributed by atoms with van der Waals surface area (Å²) in [5, 5.41) is 9.84. The zero-order chi connectivity index (χ0) is 20.6. The van der Waals surface area contributed by atoms with Crippen LogP contribution in [0.3, 0.4) is 0 Å². The highest BCUT2D eigenvalue weighted by Crippen LogP contribution is 2.25. The first-order valence-electron chi connectivity index (χ1n) is 10.7. The SMILES string of the molecule is CCCCC[C@H](O)/C=C/CCCCCCCc1cccc(OC)c1C(=O)OC. The summed E-state index contributed by atoms with van der Waals surface area (Å²) in [6.45, 7) is 2.18. The van der Waals surface area contributed by atoms with Gasteiger partial charge in [-0.15, -0.1) is 0 Å². The number of aliphatic hydroxyl groups is 1. The Kier molecular flexibility index (Phi) is 13.1. The van der Waals surface area contributed by atoms with E-state index in [1.165, 1.54) is 32.8 Å². The van der Waals surface area contributed by atoms with Gasteiger partial charge in [0.2, 0.25) is 0 Å². The van der Waals surface area contributed by atoms with Crippen LogP contribution in [-0.2, 0) is 11.2 Å². The van der Waals surface area contributed by atoms with Crippen LogP contribution >= 0.6 is 0 Å². The van der Waals surface area contributed by atoms with Crippen LogP contribution in [0.4, 0.5) is 0 Å². The monoisotopic (exact) mass is 390 g/mol. The fraction of sp³-hybridized carbons (Fsp3) is 0.625. The van der Waals surface area contributed by atoms with Gasteiger partial charge in [0.25, 0.3) is 0 Å². The lowest BCUT2D eigenvalue weighted by molar-refractivity contribution is 0.0595. The summed E-state index contributed by atoms with van der Waals surface area (Å²) in [5.41, 5.74) is 1.54. The number of aryl methyl sites for hydroxylation is 1. The lowest BCUT2D eigenvalue weighted by Crippen LogP contribution is -2.08. The molecule has 0 radical (unpaired) electrons. The number of rotatable bonds is 15. The first-order chi connectivity index (χ1) is 13.6. The van der Waals surface area contributed by atoms with Crippen molar-refractivity contribution in [3.05, 3.63) is 41.5 Å². The Hall–Kier alpha value is -1.81. The fourth-order valence-corrected chi connectivity index (χ4v) is 3.35. The molecular formula is C24H38O4. The third kappa shape index (κ3) is 9.41. The van der Waals surface area contributed by atoms with Crippen molar-refractivity contribution < 1.29 is 19.4 Å². The lowest BCUT2D eigenvalue weighted by atomic mass is 9.99. The molecule has 28 heavy (non-hydrogen) atoms. The van der Waals surface area contributed by atoms with Gasteiger partial charge in [-0.05, 0) is 43.7 Å². The number of hydrogen-bond acceptors (Lipinski definition) is 4. The Morgan fingerprint density at radius 3 is 2.54 bits per heavy atom. The van der Waals surface area contributed by atoms with E-state index in [0.717, 1.165) is 50.5 Å². The van der Waals surface area contributed by atoms with Gasteiger partial charge >= 0.3 is 5.97 Å². The van der Waals surface area contributed by atoms with Crippen molar-refractivity contribution in [2.24, 2.45) is 0 Å². The second kappa shape index (κ2) is 15.2. The maximum Gasteiger partial charge on any atom is 0.341 e. The number of hydrogen-bond donors (Lipinski definition) is 1. The molecule has 158 valence electrons. The molecule has 4 nitrogen and oxygen atoms in total. The largest absolute Gasteiger partial charge is 0.496 e. The van der Waals surface area contributed by atoms with E-state index in [4.69, 9.17) is 9.47 Å². The van der Waals surface area contributed by atoms with Crippen LogP contribution in [0.1, 0.15) is 87.1 Å². The highest BCUT2D eigenvalue weighted by Gasteiger charge is 2.17. The number of carbonyl (C=O) groups excluding carboxylic acids is 1. The van der Waals surface area contributed by atoms with Gasteiger partial charge in [0, 0.05) is 0 Å². The number of carbonyl (C=O) groups is 1. The molecule has 0 aliphatic heterocycles. The average molecular weight is 391 g/mol. The van der Waals surface area contributed by atoms with Gasteiger partial charge in [-0.3, -0.25) is 0 Å². The summed E-state index contributed by atoms with van der Waals surface area (Å²) in [7, 11) is 2.97. The Balaban J connectivity index is 2.22. The average Bonchev–Trinajstić information content (AvgIpc) is 2.71. The summed E-state index contributed by atoms with van der Waals surface area (Å²) >= 11 is 0. The molecule has 1 N–H and O–H groups in total. The molecular weight excluding hydrogens is 352 g/mol. The number of unbranched alkanes of at least 4 members (excludes halogenated alkanes) is 7. The van der Waals surface area contributed by atoms with Gasteiger partial charge in [-0.1, -0.05) is 69.7 Å². The zero-order valence-corrected chi connectivity index (χ0v) is 17.9. The van der Waals surface area contributed by atoms with Gasteiger partial charge in [0.1, 0.15) is 11.3 Å². The Bertz CT molecular complexity index is 580. The Labute approximate surface area is 170 Å². The smallest absolute Gasteiger partial charge is 0.341 e. The van der Waals surface area contributed by atoms with Crippen molar-refractivity contribution >= 4 is 5.97 Å². The molecule has 0 unspecified atom stereocenters. The van der Waals surface area contributed by atoms with Gasteiger partial charge in [0.05, 0.1) is 20.3 Å². The standard InChI is InChI=1S/C24H38O4/c1-4-5-11-17-21(25)18-13-10-8-6-7-9-12-15-20-16-14-19-22(27-2)23(20)24(26)28-3/h13-14,16,18-19,21,25H,4-12,15,17H2,1-3H3/b18-13+/t21-/m0/s1. The van der Waals surface area contributed by atoms with Crippen LogP contribution < -0.4 is 4.74 Å². The second-order valence-electron chi connectivity index (χ2n) is 7.28. The van der Waals surface area contributed by atoms with E-state index in [9.17, 15) is 9.90 Å². The molecule has 0 bridgehead atoms. The van der Waals surface area contributed by atoms with Crippen molar-refractivity contribution in [2.75, 3.05) is 14.2 Å². The normalized spacial score (nSPS) is 12.3. The number of benzene rings is 1. The molecule has 4 heteroatoms. The highest BCUT2D eigenvalue weighted by atomic mass is 16.5. The number of aliphatic hydroxyl groups excluding tert-OH is 1. The number of ether oxygens (including phenoxy) is 2. The number of methoxy groups -OCH3 is 2. The minimum Gasteiger partial charge on any atom is -0.496 e. The predicted molar refractivity (Wildman–Crippen MR) is 115 cm³/mol. The molecule has 0 aliphatic carbocycles. The molecule has 0 saturated heterocycles. The highest BCUT2D eigenvalue weighted by molar-refractivity contribution is 5.94. The summed E-state index contributed by atoms with van der Waals surface area (Å²) in [5.74, 6) is 0.240. The van der Waals surface area contributed by atoms with Crippen LogP contribution in [-0.4, -0.2) is 31.4 Å². The minimum atomic E-state index is -0.337. The summed E-state index contributed by atoms with van der Waals surface area (Å²) in [6.07, 6.45) is 15.8. The first-order valence-corrected chi connectivity index (χ1v) is 10.7. The summed E-state index contributed by atoms with van der Waals surface area (Å²) in [4.78, 5) is 12.0. The van der Waals surface area contributed by atoms with Crippen LogP contribution in [0.5, 0.6) is 5.75 Å². The summed E-state index contributed by atoms with van der Waals surface area (Å²) < 4.78 is 10.2. The van der Waals surface area contributed by atoms with Gasteiger partial charge in [0.15, 0.2) is 0 Å². The second-order valence-corrected chi connectivity index (χ2v) is 7.28. The van der Waals surface area contributed by atoms with Crippen LogP contribution in [0.25, 0.3) is 0 Å². The van der Waals surface area contributed by atoms with Crippen molar-refractivity contribution in [2.45, 2.75) is 83.7 Å². The van der Waals surface area contributed by atoms with Crippen LogP contribution in [0.2, 0.25) is 0 Å². The van der Waals surface area contributed by atoms with E-state index >= 15 is 0 Å². The Morgan fingerprint density at radius 2 is 1.82 bits per heavy atom. The van der Waals surface area contributed by atoms with E-state index in [1.54, 1.807) is 13.2 Å². The molecule has 0 heterocycles. The van der Waals surface area contributed by atoms with Crippen molar-refractivity contribution in [1.29, 1.82) is 0 Å². The molecule has 1 rings (SSSR count). The van der Waals surface area contributed by atoms with Crippen LogP contribution in [0, 0.1) is 0 Å². The van der Waals surface area contributed by atoms with E-state index in [0.29, 0.717) is 11.3 Å². The molecule has 0 amide bonds. The van der Waals surface area contributed by atoms with E-state index < -0.39 is 0 Å². The quantitative estimate of drug-likeness (QED) is 0.231. The lowest BCUT2D eigenvalue weighted by Gasteiger charge is -2.12. The van der Waals surface area contributed by atoms with E-state index in [-0.39, 0.29) is 12.1 Å². The molecule has 0 aromatic heterocycles. The molecule has 0 fully saturated rings. The van der Waals surface area contributed by atoms with E-state index in [1.807, 2.05) is 18.2 Å². The third-order valence-electron chi connectivity index (χ3n) is 5.00. The number of esters is 1. The fourth-order valence-electron chi connectivity index (χ4n) is 3.35. The van der Waals surface area contributed by atoms with Crippen molar-refractivity contribution in [1.82, 2.24) is 0 Å². The zero-order valence-electron chi connectivity index (χ0n) is 17.9. The molecule has 0 saturated carbocycles. The first kappa shape index (κ1) is 24.2. The predicted octanol–water partition coefficient (Wildman–Crippen LogP) is 5.86.